The molecule has 25 heavy (non-hydrogen) atoms. The Hall–Kier alpha value is -1.53. The Morgan fingerprint density at radius 1 is 1.24 bits per heavy atom. The van der Waals surface area contributed by atoms with Crippen molar-refractivity contribution in [3.8, 4) is 5.75 Å². The third-order valence-electron chi connectivity index (χ3n) is 5.47. The van der Waals surface area contributed by atoms with Gasteiger partial charge in [-0.2, -0.15) is 0 Å². The van der Waals surface area contributed by atoms with Crippen LogP contribution in [0.15, 0.2) is 12.1 Å². The van der Waals surface area contributed by atoms with Gasteiger partial charge in [0.25, 0.3) is 5.91 Å². The van der Waals surface area contributed by atoms with E-state index in [2.05, 4.69) is 0 Å². The summed E-state index contributed by atoms with van der Waals surface area (Å²) < 4.78 is 11.3. The first kappa shape index (κ1) is 18.3. The fourth-order valence-corrected chi connectivity index (χ4v) is 2.95. The number of carbonyl (C=O) groups excluding carboxylic acids is 1. The van der Waals surface area contributed by atoms with Crippen LogP contribution in [0, 0.1) is 0 Å². The Labute approximate surface area is 150 Å². The van der Waals surface area contributed by atoms with Crippen molar-refractivity contribution in [3.63, 3.8) is 0 Å². The van der Waals surface area contributed by atoms with E-state index in [9.17, 15) is 9.90 Å². The van der Waals surface area contributed by atoms with Crippen LogP contribution >= 0.6 is 0 Å². The molecule has 1 N–H and O–H groups in total. The average Bonchev–Trinajstić information content (AvgIpc) is 3.36. The molecule has 1 saturated carbocycles. The van der Waals surface area contributed by atoms with Crippen molar-refractivity contribution in [2.24, 2.45) is 0 Å². The molecule has 1 amide bonds. The quantitative estimate of drug-likeness (QED) is 0.798. The van der Waals surface area contributed by atoms with Gasteiger partial charge in [-0.05, 0) is 64.1 Å². The largest absolute Gasteiger partial charge is 0.496 e. The van der Waals surface area contributed by atoms with Crippen LogP contribution in [0.5, 0.6) is 5.75 Å². The van der Waals surface area contributed by atoms with E-state index in [0.717, 1.165) is 36.8 Å². The molecule has 5 nitrogen and oxygen atoms in total. The van der Waals surface area contributed by atoms with Gasteiger partial charge in [0.2, 0.25) is 0 Å². The molecule has 1 aliphatic heterocycles. The van der Waals surface area contributed by atoms with E-state index in [4.69, 9.17) is 9.39 Å². The smallest absolute Gasteiger partial charge is 0.331 e. The number of amides is 1. The summed E-state index contributed by atoms with van der Waals surface area (Å²) in [5, 5.41) is 10.2. The molecule has 135 valence electrons. The van der Waals surface area contributed by atoms with Gasteiger partial charge in [0, 0.05) is 12.6 Å². The second-order valence-electron chi connectivity index (χ2n) is 8.04. The van der Waals surface area contributed by atoms with Crippen LogP contribution in [0.2, 0.25) is 0 Å². The summed E-state index contributed by atoms with van der Waals surface area (Å²) >= 11 is 0. The Morgan fingerprint density at radius 3 is 2.48 bits per heavy atom. The molecule has 2 aliphatic rings. The zero-order valence-electron chi connectivity index (χ0n) is 15.8. The van der Waals surface area contributed by atoms with Crippen LogP contribution < -0.4 is 10.2 Å². The highest BCUT2D eigenvalue weighted by Gasteiger charge is 2.38. The maximum absolute atomic E-state index is 12.8. The topological polar surface area (TPSA) is 59.0 Å². The number of rotatable bonds is 6. The normalized spacial score (nSPS) is 18.2. The number of hydrogen-bond acceptors (Lipinski definition) is 4. The Balaban J connectivity index is 1.83. The summed E-state index contributed by atoms with van der Waals surface area (Å²) in [4.78, 5) is 14.8. The highest BCUT2D eigenvalue weighted by atomic mass is 16.5. The van der Waals surface area contributed by atoms with Crippen molar-refractivity contribution in [2.45, 2.75) is 64.2 Å². The molecule has 1 aromatic rings. The van der Waals surface area contributed by atoms with Gasteiger partial charge in [0.15, 0.2) is 0 Å². The van der Waals surface area contributed by atoms with Crippen LogP contribution in [-0.2, 0) is 11.1 Å². The SMILES string of the molecule is COc1cc([B]OC(C)(C)C(C)(C)O)cc2c1C(=O)N(C1CC1)CC2. The van der Waals surface area contributed by atoms with Crippen molar-refractivity contribution in [3.05, 3.63) is 23.3 Å². The van der Waals surface area contributed by atoms with Crippen molar-refractivity contribution >= 4 is 18.9 Å². The second kappa shape index (κ2) is 6.33. The maximum Gasteiger partial charge on any atom is 0.331 e. The lowest BCUT2D eigenvalue weighted by Gasteiger charge is -2.37. The maximum atomic E-state index is 12.8. The molecule has 1 fully saturated rings. The van der Waals surface area contributed by atoms with Gasteiger partial charge in [0.1, 0.15) is 5.75 Å². The molecule has 0 atom stereocenters. The standard InChI is InChI=1S/C19H27BNO4/c1-18(2,23)19(3,4)25-20-13-10-12-8-9-21(14-6-7-14)17(22)16(12)15(11-13)24-5/h10-11,14,23H,6-9H2,1-5H3. The molecule has 0 aromatic heterocycles. The predicted molar refractivity (Wildman–Crippen MR) is 97.6 cm³/mol. The predicted octanol–water partition coefficient (Wildman–Crippen LogP) is 1.67. The van der Waals surface area contributed by atoms with Gasteiger partial charge in [-0.3, -0.25) is 4.79 Å². The van der Waals surface area contributed by atoms with Gasteiger partial charge < -0.3 is 19.4 Å². The summed E-state index contributed by atoms with van der Waals surface area (Å²) in [6, 6.07) is 4.22. The van der Waals surface area contributed by atoms with Gasteiger partial charge in [0.05, 0.1) is 23.9 Å². The Bertz CT molecular complexity index is 659. The first-order valence-electron chi connectivity index (χ1n) is 8.89. The molecular formula is C19H27BNO4. The summed E-state index contributed by atoms with van der Waals surface area (Å²) in [6.07, 6.45) is 3.04. The van der Waals surface area contributed by atoms with Crippen LogP contribution in [0.1, 0.15) is 56.5 Å². The number of ether oxygens (including phenoxy) is 1. The van der Waals surface area contributed by atoms with Crippen molar-refractivity contribution < 1.29 is 19.3 Å². The minimum absolute atomic E-state index is 0.0740. The van der Waals surface area contributed by atoms with Gasteiger partial charge in [-0.25, -0.2) is 0 Å². The summed E-state index contributed by atoms with van der Waals surface area (Å²) in [5.74, 6) is 0.661. The van der Waals surface area contributed by atoms with E-state index in [1.807, 2.05) is 30.9 Å². The fraction of sp³-hybridized carbons (Fsp3) is 0.632. The number of hydrogen-bond donors (Lipinski definition) is 1. The number of nitrogens with zero attached hydrogens (tertiary/aromatic N) is 1. The lowest BCUT2D eigenvalue weighted by atomic mass is 9.80. The molecule has 1 radical (unpaired) electrons. The molecule has 3 rings (SSSR count). The zero-order valence-corrected chi connectivity index (χ0v) is 15.8. The number of benzene rings is 1. The molecule has 0 spiro atoms. The molecule has 1 aliphatic carbocycles. The molecule has 0 bridgehead atoms. The van der Waals surface area contributed by atoms with Crippen LogP contribution in [0.4, 0.5) is 0 Å². The van der Waals surface area contributed by atoms with Crippen molar-refractivity contribution in [1.82, 2.24) is 4.90 Å². The van der Waals surface area contributed by atoms with Crippen molar-refractivity contribution in [1.29, 1.82) is 0 Å². The second-order valence-corrected chi connectivity index (χ2v) is 8.04. The van der Waals surface area contributed by atoms with E-state index in [1.54, 1.807) is 28.4 Å². The fourth-order valence-electron chi connectivity index (χ4n) is 2.95. The molecular weight excluding hydrogens is 317 g/mol. The number of aliphatic hydroxyl groups is 1. The third-order valence-corrected chi connectivity index (χ3v) is 5.47. The average molecular weight is 344 g/mol. The van der Waals surface area contributed by atoms with E-state index < -0.39 is 11.2 Å². The lowest BCUT2D eigenvalue weighted by Crippen LogP contribution is -2.49. The minimum atomic E-state index is -0.984. The van der Waals surface area contributed by atoms with Gasteiger partial charge >= 0.3 is 7.48 Å². The third kappa shape index (κ3) is 3.56. The number of methoxy groups -OCH3 is 1. The van der Waals surface area contributed by atoms with Crippen LogP contribution in [-0.4, -0.2) is 54.3 Å². The van der Waals surface area contributed by atoms with E-state index >= 15 is 0 Å². The highest BCUT2D eigenvalue weighted by molar-refractivity contribution is 6.47. The van der Waals surface area contributed by atoms with E-state index in [0.29, 0.717) is 17.4 Å². The van der Waals surface area contributed by atoms with Crippen molar-refractivity contribution in [2.75, 3.05) is 13.7 Å². The van der Waals surface area contributed by atoms with Gasteiger partial charge in [-0.1, -0.05) is 6.07 Å². The molecule has 0 unspecified atom stereocenters. The molecule has 0 saturated heterocycles. The Morgan fingerprint density at radius 2 is 1.92 bits per heavy atom. The number of carbonyl (C=O) groups is 1. The Kier molecular flexibility index (Phi) is 4.62. The highest BCUT2D eigenvalue weighted by Crippen LogP contribution is 2.34. The lowest BCUT2D eigenvalue weighted by molar-refractivity contribution is -0.0893. The monoisotopic (exact) mass is 344 g/mol. The molecule has 1 aromatic carbocycles. The van der Waals surface area contributed by atoms with Crippen LogP contribution in [0.25, 0.3) is 0 Å². The first-order chi connectivity index (χ1) is 11.6. The van der Waals surface area contributed by atoms with Gasteiger partial charge in [-0.15, -0.1) is 0 Å². The molecule has 6 heteroatoms. The minimum Gasteiger partial charge on any atom is -0.496 e. The van der Waals surface area contributed by atoms with Crippen LogP contribution in [0.3, 0.4) is 0 Å². The summed E-state index contributed by atoms with van der Waals surface area (Å²) in [7, 11) is 3.23. The first-order valence-corrected chi connectivity index (χ1v) is 8.89. The zero-order chi connectivity index (χ0) is 18.4. The van der Waals surface area contributed by atoms with E-state index in [-0.39, 0.29) is 5.91 Å². The number of fused-ring (bicyclic) bond motifs is 1. The molecule has 1 heterocycles. The van der Waals surface area contributed by atoms with E-state index in [1.165, 1.54) is 0 Å². The summed E-state index contributed by atoms with van der Waals surface area (Å²) in [5.41, 5.74) is 0.786. The summed E-state index contributed by atoms with van der Waals surface area (Å²) in [6.45, 7) is 7.89.